The van der Waals surface area contributed by atoms with E-state index >= 15 is 0 Å². The third-order valence-electron chi connectivity index (χ3n) is 13.6. The first-order valence-electron chi connectivity index (χ1n) is 19.8. The van der Waals surface area contributed by atoms with E-state index in [1.807, 2.05) is 0 Å². The van der Waals surface area contributed by atoms with Gasteiger partial charge in [0, 0.05) is 25.2 Å². The van der Waals surface area contributed by atoms with Gasteiger partial charge < -0.3 is 10.1 Å². The summed E-state index contributed by atoms with van der Waals surface area (Å²) < 4.78 is 35.6. The van der Waals surface area contributed by atoms with Crippen LogP contribution in [0.5, 0.6) is 0 Å². The molecule has 0 bridgehead atoms. The number of hydrogen-bond donors (Lipinski definition) is 1. The van der Waals surface area contributed by atoms with Crippen LogP contribution >= 0.6 is 0 Å². The molecule has 9 nitrogen and oxygen atoms in total. The number of carbonyl (C=O) groups is 1. The summed E-state index contributed by atoms with van der Waals surface area (Å²) in [6.07, 6.45) is 14.8. The number of fused-ring (bicyclic) bond motifs is 5. The van der Waals surface area contributed by atoms with E-state index in [0.29, 0.717) is 36.5 Å². The Morgan fingerprint density at radius 3 is 2.45 bits per heavy atom. The fourth-order valence-electron chi connectivity index (χ4n) is 11.1. The molecule has 1 aromatic rings. The number of nitrogens with zero attached hydrogens (tertiary/aromatic N) is 2. The summed E-state index contributed by atoms with van der Waals surface area (Å²) in [5.41, 5.74) is 0.752. The number of amides is 1. The number of hydrogen-bond acceptors (Lipinski definition) is 6. The van der Waals surface area contributed by atoms with Gasteiger partial charge in [0.1, 0.15) is 5.60 Å². The molecule has 1 amide bonds. The van der Waals surface area contributed by atoms with Crippen molar-refractivity contribution in [2.45, 2.75) is 149 Å². The molecule has 51 heavy (non-hydrogen) atoms. The van der Waals surface area contributed by atoms with Crippen LogP contribution in [-0.2, 0) is 14.8 Å². The third-order valence-corrected chi connectivity index (χ3v) is 15.6. The molecule has 3 fully saturated rings. The van der Waals surface area contributed by atoms with Crippen molar-refractivity contribution >= 4 is 21.8 Å². The number of ether oxygens (including phenoxy) is 1. The summed E-state index contributed by atoms with van der Waals surface area (Å²) in [5.74, 6) is 4.36. The van der Waals surface area contributed by atoms with Crippen molar-refractivity contribution in [2.24, 2.45) is 46.3 Å². The molecular formula is C41H65N3O6S. The van der Waals surface area contributed by atoms with Crippen LogP contribution in [0, 0.1) is 56.5 Å². The minimum Gasteiger partial charge on any atom is -0.444 e. The minimum absolute atomic E-state index is 0.0359. The smallest absolute Gasteiger partial charge is 0.407 e. The zero-order valence-corrected chi connectivity index (χ0v) is 33.4. The highest BCUT2D eigenvalue weighted by atomic mass is 32.2. The largest absolute Gasteiger partial charge is 0.444 e. The van der Waals surface area contributed by atoms with Gasteiger partial charge in [-0.05, 0) is 131 Å². The maximum atomic E-state index is 14.4. The Hall–Kier alpha value is -2.46. The van der Waals surface area contributed by atoms with Crippen LogP contribution in [0.15, 0.2) is 40.8 Å². The Morgan fingerprint density at radius 1 is 1.04 bits per heavy atom. The highest BCUT2D eigenvalue weighted by Crippen LogP contribution is 2.67. The molecule has 8 atom stereocenters. The summed E-state index contributed by atoms with van der Waals surface area (Å²) in [6, 6.07) is 5.32. The lowest BCUT2D eigenvalue weighted by Gasteiger charge is -2.59. The lowest BCUT2D eigenvalue weighted by atomic mass is 9.47. The maximum Gasteiger partial charge on any atom is 0.407 e. The standard InChI is InChI=1S/C41H65N3O6S/c1-28(2)13-11-14-29(3)33-19-20-34-32-18-17-30-27-31(21-23-40(30,7)35(32)22-24-41(33,34)8)43(26-12-25-42-38(45)50-39(4,5)6)51(48,49)37-16-10-9-15-36(37)44(46)47/h9-10,15-17,28-29,31-35H,11-14,18-27H2,1-8H3,(H,42,45)/t29-,31?,32?,33-,34?,35?,40+,41-/m1/s1. The van der Waals surface area contributed by atoms with Crippen molar-refractivity contribution in [3.8, 4) is 0 Å². The number of rotatable bonds is 13. The lowest BCUT2D eigenvalue weighted by molar-refractivity contribution is -0.387. The van der Waals surface area contributed by atoms with Gasteiger partial charge in [0.05, 0.1) is 4.92 Å². The Kier molecular flexibility index (Phi) is 12.1. The average Bonchev–Trinajstić information content (AvgIpc) is 3.40. The quantitative estimate of drug-likeness (QED) is 0.0935. The molecule has 5 rings (SSSR count). The van der Waals surface area contributed by atoms with Crippen LogP contribution in [0.3, 0.4) is 0 Å². The van der Waals surface area contributed by atoms with Crippen molar-refractivity contribution < 1.29 is 22.9 Å². The number of nitrogens with one attached hydrogen (secondary N) is 1. The van der Waals surface area contributed by atoms with Gasteiger partial charge in [-0.3, -0.25) is 10.1 Å². The maximum absolute atomic E-state index is 14.4. The van der Waals surface area contributed by atoms with Crippen molar-refractivity contribution in [1.82, 2.24) is 9.62 Å². The first-order valence-corrected chi connectivity index (χ1v) is 21.2. The summed E-state index contributed by atoms with van der Waals surface area (Å²) in [5, 5.41) is 14.7. The lowest BCUT2D eigenvalue weighted by Crippen LogP contribution is -2.53. The first kappa shape index (κ1) is 39.7. The summed E-state index contributed by atoms with van der Waals surface area (Å²) >= 11 is 0. The molecule has 3 saturated carbocycles. The van der Waals surface area contributed by atoms with Gasteiger partial charge in [0.15, 0.2) is 4.90 Å². The zero-order chi connectivity index (χ0) is 37.4. The Bertz CT molecular complexity index is 1550. The van der Waals surface area contributed by atoms with E-state index in [2.05, 4.69) is 46.0 Å². The van der Waals surface area contributed by atoms with E-state index in [0.717, 1.165) is 36.5 Å². The van der Waals surface area contributed by atoms with Crippen LogP contribution in [0.2, 0.25) is 0 Å². The summed E-state index contributed by atoms with van der Waals surface area (Å²) in [6.45, 7) is 18.0. The molecule has 4 aliphatic rings. The second-order valence-electron chi connectivity index (χ2n) is 18.3. The van der Waals surface area contributed by atoms with Crippen LogP contribution < -0.4 is 5.32 Å². The minimum atomic E-state index is -4.21. The molecule has 0 saturated heterocycles. The molecule has 286 valence electrons. The van der Waals surface area contributed by atoms with Crippen LogP contribution in [0.1, 0.15) is 132 Å². The van der Waals surface area contributed by atoms with Crippen LogP contribution in [0.25, 0.3) is 0 Å². The van der Waals surface area contributed by atoms with Crippen molar-refractivity contribution in [1.29, 1.82) is 0 Å². The van der Waals surface area contributed by atoms with Crippen molar-refractivity contribution in [2.75, 3.05) is 13.1 Å². The third kappa shape index (κ3) is 8.37. The van der Waals surface area contributed by atoms with E-state index in [-0.39, 0.29) is 29.4 Å². The van der Waals surface area contributed by atoms with E-state index in [1.165, 1.54) is 73.0 Å². The normalized spacial score (nSPS) is 31.3. The first-order chi connectivity index (χ1) is 23.9. The number of nitro benzene ring substituents is 1. The van der Waals surface area contributed by atoms with Crippen molar-refractivity contribution in [3.05, 3.63) is 46.0 Å². The predicted octanol–water partition coefficient (Wildman–Crippen LogP) is 9.91. The second-order valence-corrected chi connectivity index (χ2v) is 20.2. The monoisotopic (exact) mass is 727 g/mol. The number of sulfonamides is 1. The Labute approximate surface area is 307 Å². The van der Waals surface area contributed by atoms with Gasteiger partial charge in [0.25, 0.3) is 5.69 Å². The topological polar surface area (TPSA) is 119 Å². The molecule has 0 spiro atoms. The summed E-state index contributed by atoms with van der Waals surface area (Å²) in [7, 11) is -4.21. The number of allylic oxidation sites excluding steroid dienone is 1. The van der Waals surface area contributed by atoms with E-state index in [1.54, 1.807) is 26.8 Å². The number of carbonyl (C=O) groups excluding carboxylic acids is 1. The molecule has 1 aromatic carbocycles. The van der Waals surface area contributed by atoms with Gasteiger partial charge in [-0.2, -0.15) is 4.31 Å². The van der Waals surface area contributed by atoms with Gasteiger partial charge in [0.2, 0.25) is 10.0 Å². The number of benzene rings is 1. The fourth-order valence-corrected chi connectivity index (χ4v) is 13.0. The molecule has 4 unspecified atom stereocenters. The molecule has 0 heterocycles. The van der Waals surface area contributed by atoms with Crippen LogP contribution in [-0.4, -0.2) is 48.5 Å². The molecule has 0 aromatic heterocycles. The number of alkyl carbamates (subject to hydrolysis) is 1. The van der Waals surface area contributed by atoms with E-state index < -0.39 is 32.3 Å². The van der Waals surface area contributed by atoms with E-state index in [9.17, 15) is 23.3 Å². The second kappa shape index (κ2) is 15.5. The fraction of sp³-hybridized carbons (Fsp3) is 0.780. The van der Waals surface area contributed by atoms with Gasteiger partial charge in [-0.15, -0.1) is 0 Å². The molecule has 1 N–H and O–H groups in total. The Balaban J connectivity index is 1.34. The molecule has 10 heteroatoms. The summed E-state index contributed by atoms with van der Waals surface area (Å²) in [4.78, 5) is 23.4. The van der Waals surface area contributed by atoms with Gasteiger partial charge >= 0.3 is 6.09 Å². The number of nitro groups is 1. The average molecular weight is 728 g/mol. The van der Waals surface area contributed by atoms with Gasteiger partial charge in [-0.1, -0.05) is 77.7 Å². The molecular weight excluding hydrogens is 663 g/mol. The van der Waals surface area contributed by atoms with Gasteiger partial charge in [-0.25, -0.2) is 13.2 Å². The SMILES string of the molecule is CC(C)CCC[C@@H](C)[C@H]1CCC2C3CC=C4CC(N(CCCNC(=O)OC(C)(C)C)S(=O)(=O)c5ccccc5[N+](=O)[O-])CC[C@]4(C)C3CC[C@@]21C. The number of para-hydroxylation sites is 1. The highest BCUT2D eigenvalue weighted by Gasteiger charge is 2.59. The van der Waals surface area contributed by atoms with Crippen LogP contribution in [0.4, 0.5) is 10.5 Å². The zero-order valence-electron chi connectivity index (χ0n) is 32.6. The highest BCUT2D eigenvalue weighted by molar-refractivity contribution is 7.89. The molecule has 0 aliphatic heterocycles. The Morgan fingerprint density at radius 2 is 1.76 bits per heavy atom. The molecule has 0 radical (unpaired) electrons. The predicted molar refractivity (Wildman–Crippen MR) is 203 cm³/mol. The van der Waals surface area contributed by atoms with E-state index in [4.69, 9.17) is 4.74 Å². The van der Waals surface area contributed by atoms with Crippen molar-refractivity contribution in [3.63, 3.8) is 0 Å². The molecule has 4 aliphatic carbocycles.